The lowest BCUT2D eigenvalue weighted by Crippen LogP contribution is -2.46. The van der Waals surface area contributed by atoms with Crippen molar-refractivity contribution in [1.82, 2.24) is 9.55 Å². The zero-order chi connectivity index (χ0) is 24.1. The molecule has 1 aliphatic heterocycles. The minimum atomic E-state index is -1.34. The van der Waals surface area contributed by atoms with Crippen LogP contribution in [0.1, 0.15) is 10.4 Å². The molecule has 1 fully saturated rings. The zero-order valence-electron chi connectivity index (χ0n) is 18.1. The Labute approximate surface area is 197 Å². The summed E-state index contributed by atoms with van der Waals surface area (Å²) in [7, 11) is 1.61. The summed E-state index contributed by atoms with van der Waals surface area (Å²) in [6.07, 6.45) is 2.62. The molecule has 0 saturated carbocycles. The van der Waals surface area contributed by atoms with Crippen molar-refractivity contribution in [3.8, 4) is 0 Å². The fraction of sp³-hybridized carbons (Fsp3) is 0.208. The average molecular weight is 485 g/mol. The standard InChI is InChI=1S/C24H19ClF2N4O3/c1-29-12-15(24(33)34)23(32)20-14-3-5-18(21(27)22(14)28-11-19(20)29)31-8-6-30(7-9-31)13-2-4-17(26)16(25)10-13/h2-5,10-12H,6-9H2,1H3,(H,33,34). The van der Waals surface area contributed by atoms with E-state index in [1.807, 2.05) is 9.80 Å². The molecular weight excluding hydrogens is 466 g/mol. The number of rotatable bonds is 3. The van der Waals surface area contributed by atoms with Crippen LogP contribution in [-0.2, 0) is 7.05 Å². The second kappa shape index (κ2) is 8.25. The first-order valence-corrected chi connectivity index (χ1v) is 10.9. The number of aromatic nitrogens is 2. The Kier molecular flexibility index (Phi) is 5.36. The van der Waals surface area contributed by atoms with Gasteiger partial charge in [-0.25, -0.2) is 13.6 Å². The molecule has 174 valence electrons. The summed E-state index contributed by atoms with van der Waals surface area (Å²) < 4.78 is 30.6. The van der Waals surface area contributed by atoms with Gasteiger partial charge in [0.25, 0.3) is 0 Å². The molecule has 0 amide bonds. The van der Waals surface area contributed by atoms with Crippen molar-refractivity contribution >= 4 is 50.8 Å². The molecule has 2 aromatic heterocycles. The average Bonchev–Trinajstić information content (AvgIpc) is 2.83. The molecule has 1 saturated heterocycles. The van der Waals surface area contributed by atoms with Crippen LogP contribution in [0.4, 0.5) is 20.2 Å². The van der Waals surface area contributed by atoms with Crippen molar-refractivity contribution in [2.24, 2.45) is 7.05 Å². The number of hydrogen-bond donors (Lipinski definition) is 1. The molecule has 1 N–H and O–H groups in total. The maximum atomic E-state index is 15.6. The van der Waals surface area contributed by atoms with Gasteiger partial charge in [0.2, 0.25) is 5.43 Å². The van der Waals surface area contributed by atoms with E-state index < -0.39 is 23.0 Å². The number of piperazine rings is 1. The predicted molar refractivity (Wildman–Crippen MR) is 127 cm³/mol. The van der Waals surface area contributed by atoms with E-state index in [0.29, 0.717) is 37.4 Å². The van der Waals surface area contributed by atoms with Crippen LogP contribution in [0.2, 0.25) is 5.02 Å². The number of aryl methyl sites for hydroxylation is 1. The molecule has 0 radical (unpaired) electrons. The summed E-state index contributed by atoms with van der Waals surface area (Å²) in [4.78, 5) is 32.5. The van der Waals surface area contributed by atoms with E-state index in [1.165, 1.54) is 23.0 Å². The molecule has 3 heterocycles. The molecule has 5 rings (SSSR count). The number of carboxylic acid groups (broad SMARTS) is 1. The number of carboxylic acids is 1. The topological polar surface area (TPSA) is 78.7 Å². The van der Waals surface area contributed by atoms with E-state index in [9.17, 15) is 19.1 Å². The van der Waals surface area contributed by atoms with Crippen LogP contribution >= 0.6 is 11.6 Å². The molecule has 1 aliphatic rings. The molecule has 2 aromatic carbocycles. The zero-order valence-corrected chi connectivity index (χ0v) is 18.8. The van der Waals surface area contributed by atoms with E-state index in [1.54, 1.807) is 31.3 Å². The van der Waals surface area contributed by atoms with Crippen LogP contribution in [0.5, 0.6) is 0 Å². The molecular formula is C24H19ClF2N4O3. The molecule has 0 bridgehead atoms. The molecule has 10 heteroatoms. The second-order valence-electron chi connectivity index (χ2n) is 8.17. The maximum absolute atomic E-state index is 15.6. The first-order valence-electron chi connectivity index (χ1n) is 10.5. The van der Waals surface area contributed by atoms with Crippen molar-refractivity contribution in [1.29, 1.82) is 0 Å². The van der Waals surface area contributed by atoms with Crippen molar-refractivity contribution in [2.45, 2.75) is 0 Å². The number of aromatic carboxylic acids is 1. The van der Waals surface area contributed by atoms with Crippen LogP contribution in [0.25, 0.3) is 21.8 Å². The van der Waals surface area contributed by atoms with Gasteiger partial charge >= 0.3 is 5.97 Å². The van der Waals surface area contributed by atoms with E-state index >= 15 is 4.39 Å². The van der Waals surface area contributed by atoms with Gasteiger partial charge in [0.05, 0.1) is 27.8 Å². The van der Waals surface area contributed by atoms with Gasteiger partial charge in [-0.15, -0.1) is 0 Å². The quantitative estimate of drug-likeness (QED) is 0.442. The van der Waals surface area contributed by atoms with Gasteiger partial charge in [0, 0.05) is 50.5 Å². The first-order chi connectivity index (χ1) is 16.3. The third kappa shape index (κ3) is 3.52. The number of fused-ring (bicyclic) bond motifs is 3. The van der Waals surface area contributed by atoms with Crippen molar-refractivity contribution in [3.05, 3.63) is 75.2 Å². The summed E-state index contributed by atoms with van der Waals surface area (Å²) in [6, 6.07) is 7.76. The van der Waals surface area contributed by atoms with Crippen LogP contribution in [0.15, 0.2) is 47.5 Å². The van der Waals surface area contributed by atoms with Crippen LogP contribution in [-0.4, -0.2) is 46.8 Å². The number of anilines is 2. The fourth-order valence-electron chi connectivity index (χ4n) is 4.46. The van der Waals surface area contributed by atoms with Crippen LogP contribution in [0, 0.1) is 11.6 Å². The Morgan fingerprint density at radius 3 is 2.47 bits per heavy atom. The van der Waals surface area contributed by atoms with Gasteiger partial charge in [-0.3, -0.25) is 9.78 Å². The smallest absolute Gasteiger partial charge is 0.341 e. The maximum Gasteiger partial charge on any atom is 0.341 e. The third-order valence-electron chi connectivity index (χ3n) is 6.23. The lowest BCUT2D eigenvalue weighted by Gasteiger charge is -2.37. The number of carbonyl (C=O) groups is 1. The Balaban J connectivity index is 1.51. The summed E-state index contributed by atoms with van der Waals surface area (Å²) >= 11 is 5.90. The van der Waals surface area contributed by atoms with Crippen LogP contribution < -0.4 is 15.2 Å². The summed E-state index contributed by atoms with van der Waals surface area (Å²) in [5.41, 5.74) is 0.514. The fourth-order valence-corrected chi connectivity index (χ4v) is 4.63. The van der Waals surface area contributed by atoms with Gasteiger partial charge < -0.3 is 19.5 Å². The van der Waals surface area contributed by atoms with Gasteiger partial charge in [0.15, 0.2) is 5.82 Å². The lowest BCUT2D eigenvalue weighted by molar-refractivity contribution is 0.0695. The highest BCUT2D eigenvalue weighted by molar-refractivity contribution is 6.31. The summed E-state index contributed by atoms with van der Waals surface area (Å²) in [5, 5.41) is 9.82. The van der Waals surface area contributed by atoms with Gasteiger partial charge in [0.1, 0.15) is 16.9 Å². The number of hydrogen-bond acceptors (Lipinski definition) is 5. The third-order valence-corrected chi connectivity index (χ3v) is 6.52. The first kappa shape index (κ1) is 22.1. The van der Waals surface area contributed by atoms with E-state index in [2.05, 4.69) is 4.98 Å². The SMILES string of the molecule is Cn1cc(C(=O)O)c(=O)c2c3ccc(N4CCN(c5ccc(F)c(Cl)c5)CC4)c(F)c3ncc21. The molecule has 34 heavy (non-hydrogen) atoms. The van der Waals surface area contributed by atoms with Crippen molar-refractivity contribution < 1.29 is 18.7 Å². The van der Waals surface area contributed by atoms with E-state index in [-0.39, 0.29) is 26.9 Å². The Morgan fingerprint density at radius 1 is 1.09 bits per heavy atom. The Bertz CT molecular complexity index is 1530. The molecule has 4 aromatic rings. The van der Waals surface area contributed by atoms with Gasteiger partial charge in [-0.05, 0) is 30.3 Å². The van der Waals surface area contributed by atoms with Gasteiger partial charge in [-0.2, -0.15) is 0 Å². The summed E-state index contributed by atoms with van der Waals surface area (Å²) in [5.74, 6) is -2.39. The second-order valence-corrected chi connectivity index (χ2v) is 8.58. The monoisotopic (exact) mass is 484 g/mol. The highest BCUT2D eigenvalue weighted by Gasteiger charge is 2.23. The molecule has 0 spiro atoms. The van der Waals surface area contributed by atoms with Gasteiger partial charge in [-0.1, -0.05) is 11.6 Å². The highest BCUT2D eigenvalue weighted by Crippen LogP contribution is 2.31. The number of halogens is 3. The molecule has 7 nitrogen and oxygen atoms in total. The normalized spacial score (nSPS) is 14.2. The van der Waals surface area contributed by atoms with Crippen LogP contribution in [0.3, 0.4) is 0 Å². The lowest BCUT2D eigenvalue weighted by atomic mass is 10.1. The van der Waals surface area contributed by atoms with E-state index in [0.717, 1.165) is 5.69 Å². The van der Waals surface area contributed by atoms with Crippen molar-refractivity contribution in [2.75, 3.05) is 36.0 Å². The Hall–Kier alpha value is -3.72. The Morgan fingerprint density at radius 2 is 1.79 bits per heavy atom. The number of pyridine rings is 2. The predicted octanol–water partition coefficient (Wildman–Crippen LogP) is 4.04. The minimum Gasteiger partial charge on any atom is -0.477 e. The van der Waals surface area contributed by atoms with Crippen molar-refractivity contribution in [3.63, 3.8) is 0 Å². The summed E-state index contributed by atoms with van der Waals surface area (Å²) in [6.45, 7) is 2.17. The molecule has 0 atom stereocenters. The molecule has 0 unspecified atom stereocenters. The van der Waals surface area contributed by atoms with E-state index in [4.69, 9.17) is 11.6 Å². The minimum absolute atomic E-state index is 0.0115. The largest absolute Gasteiger partial charge is 0.477 e. The number of nitrogens with zero attached hydrogens (tertiary/aromatic N) is 4. The number of benzene rings is 2. The highest BCUT2D eigenvalue weighted by atomic mass is 35.5. The molecule has 0 aliphatic carbocycles.